The zero-order chi connectivity index (χ0) is 10.7. The van der Waals surface area contributed by atoms with Gasteiger partial charge in [-0.2, -0.15) is 5.26 Å². The first-order valence-corrected chi connectivity index (χ1v) is 4.41. The number of methoxy groups -OCH3 is 1. The normalized spacial score (nSPS) is 9.57. The van der Waals surface area contributed by atoms with E-state index < -0.39 is 0 Å². The second-order valence-corrected chi connectivity index (χ2v) is 3.28. The molecule has 4 heteroatoms. The van der Waals surface area contributed by atoms with Crippen molar-refractivity contribution in [3.63, 3.8) is 0 Å². The van der Waals surface area contributed by atoms with Crippen LogP contribution in [-0.2, 0) is 6.42 Å². The van der Waals surface area contributed by atoms with Crippen molar-refractivity contribution >= 4 is 11.6 Å². The quantitative estimate of drug-likeness (QED) is 0.818. The van der Waals surface area contributed by atoms with Gasteiger partial charge >= 0.3 is 0 Å². The number of nitriles is 1. The number of aryl methyl sites for hydroxylation is 1. The third-order valence-electron chi connectivity index (χ3n) is 2.00. The van der Waals surface area contributed by atoms with Crippen LogP contribution in [0.2, 0.25) is 5.02 Å². The van der Waals surface area contributed by atoms with Crippen LogP contribution in [-0.4, -0.2) is 12.2 Å². The lowest BCUT2D eigenvalue weighted by atomic mass is 10.0. The smallest absolute Gasteiger partial charge is 0.179 e. The Morgan fingerprint density at radius 2 is 2.29 bits per heavy atom. The second-order valence-electron chi connectivity index (χ2n) is 2.87. The monoisotopic (exact) mass is 211 g/mol. The van der Waals surface area contributed by atoms with Crippen molar-refractivity contribution < 1.29 is 9.84 Å². The predicted molar refractivity (Wildman–Crippen MR) is 53.7 cm³/mol. The molecule has 0 heterocycles. The summed E-state index contributed by atoms with van der Waals surface area (Å²) in [6.07, 6.45) is 0.144. The number of phenolic OH excluding ortho intramolecular Hbond substituents is 1. The fourth-order valence-corrected chi connectivity index (χ4v) is 1.61. The summed E-state index contributed by atoms with van der Waals surface area (Å²) in [6.45, 7) is 1.79. The van der Waals surface area contributed by atoms with E-state index in [0.29, 0.717) is 10.6 Å². The molecular formula is C10H10ClNO2. The number of hydrogen-bond donors (Lipinski definition) is 1. The molecule has 14 heavy (non-hydrogen) atoms. The summed E-state index contributed by atoms with van der Waals surface area (Å²) in [5.41, 5.74) is 1.35. The highest BCUT2D eigenvalue weighted by atomic mass is 35.5. The van der Waals surface area contributed by atoms with Gasteiger partial charge in [0.15, 0.2) is 11.5 Å². The van der Waals surface area contributed by atoms with Gasteiger partial charge in [-0.1, -0.05) is 11.6 Å². The molecule has 1 aromatic carbocycles. The zero-order valence-electron chi connectivity index (χ0n) is 7.97. The van der Waals surface area contributed by atoms with E-state index in [0.717, 1.165) is 5.56 Å². The maximum atomic E-state index is 9.72. The third kappa shape index (κ3) is 1.75. The molecule has 0 amide bonds. The van der Waals surface area contributed by atoms with Crippen molar-refractivity contribution in [1.82, 2.24) is 0 Å². The molecule has 3 nitrogen and oxygen atoms in total. The fraction of sp³-hybridized carbons (Fsp3) is 0.300. The van der Waals surface area contributed by atoms with Crippen LogP contribution in [0.1, 0.15) is 11.1 Å². The molecule has 0 fully saturated rings. The number of phenols is 1. The van der Waals surface area contributed by atoms with Crippen molar-refractivity contribution in [2.24, 2.45) is 0 Å². The fourth-order valence-electron chi connectivity index (χ4n) is 1.28. The molecule has 1 rings (SSSR count). The largest absolute Gasteiger partial charge is 0.504 e. The zero-order valence-corrected chi connectivity index (χ0v) is 8.72. The molecule has 1 N–H and O–H groups in total. The van der Waals surface area contributed by atoms with E-state index in [9.17, 15) is 5.11 Å². The van der Waals surface area contributed by atoms with Gasteiger partial charge < -0.3 is 9.84 Å². The average Bonchev–Trinajstić information content (AvgIpc) is 2.12. The van der Waals surface area contributed by atoms with Crippen LogP contribution in [0.4, 0.5) is 0 Å². The molecule has 0 aliphatic rings. The molecule has 0 saturated heterocycles. The van der Waals surface area contributed by atoms with E-state index in [1.165, 1.54) is 7.11 Å². The summed E-state index contributed by atoms with van der Waals surface area (Å²) in [4.78, 5) is 0. The van der Waals surface area contributed by atoms with E-state index in [4.69, 9.17) is 21.6 Å². The number of ether oxygens (including phenoxy) is 1. The van der Waals surface area contributed by atoms with Crippen LogP contribution in [0.25, 0.3) is 0 Å². The summed E-state index contributed by atoms with van der Waals surface area (Å²) in [7, 11) is 1.42. The third-order valence-corrected chi connectivity index (χ3v) is 2.28. The minimum Gasteiger partial charge on any atom is -0.504 e. The molecule has 0 aliphatic carbocycles. The highest BCUT2D eigenvalue weighted by Crippen LogP contribution is 2.38. The number of hydrogen-bond acceptors (Lipinski definition) is 3. The van der Waals surface area contributed by atoms with Gasteiger partial charge in [-0.05, 0) is 18.6 Å². The van der Waals surface area contributed by atoms with Crippen LogP contribution < -0.4 is 4.74 Å². The van der Waals surface area contributed by atoms with Crippen molar-refractivity contribution in [2.45, 2.75) is 13.3 Å². The minimum absolute atomic E-state index is 0.0425. The lowest BCUT2D eigenvalue weighted by Crippen LogP contribution is -1.93. The Hall–Kier alpha value is -1.40. The second kappa shape index (κ2) is 4.21. The lowest BCUT2D eigenvalue weighted by Gasteiger charge is -2.11. The molecule has 0 aliphatic heterocycles. The maximum Gasteiger partial charge on any atom is 0.179 e. The molecule has 74 valence electrons. The number of aromatic hydroxyl groups is 1. The summed E-state index contributed by atoms with van der Waals surface area (Å²) in [6, 6.07) is 3.65. The number of rotatable bonds is 2. The molecule has 0 spiro atoms. The van der Waals surface area contributed by atoms with E-state index in [-0.39, 0.29) is 17.9 Å². The van der Waals surface area contributed by atoms with E-state index in [1.54, 1.807) is 13.0 Å². The van der Waals surface area contributed by atoms with Gasteiger partial charge in [-0.3, -0.25) is 0 Å². The molecular weight excluding hydrogens is 202 g/mol. The van der Waals surface area contributed by atoms with Crippen LogP contribution >= 0.6 is 11.6 Å². The number of halogens is 1. The van der Waals surface area contributed by atoms with Gasteiger partial charge in [-0.15, -0.1) is 0 Å². The first kappa shape index (κ1) is 10.7. The van der Waals surface area contributed by atoms with Gasteiger partial charge in [0, 0.05) is 5.56 Å². The maximum absolute atomic E-state index is 9.72. The van der Waals surface area contributed by atoms with Gasteiger partial charge in [0.25, 0.3) is 0 Å². The van der Waals surface area contributed by atoms with E-state index in [2.05, 4.69) is 0 Å². The average molecular weight is 212 g/mol. The van der Waals surface area contributed by atoms with Gasteiger partial charge in [0.1, 0.15) is 0 Å². The van der Waals surface area contributed by atoms with Crippen LogP contribution in [0, 0.1) is 18.3 Å². The molecule has 0 atom stereocenters. The summed E-state index contributed by atoms with van der Waals surface area (Å²) >= 11 is 5.84. The lowest BCUT2D eigenvalue weighted by molar-refractivity contribution is 0.371. The van der Waals surface area contributed by atoms with E-state index >= 15 is 0 Å². The van der Waals surface area contributed by atoms with Crippen LogP contribution in [0.3, 0.4) is 0 Å². The summed E-state index contributed by atoms with van der Waals surface area (Å²) in [5, 5.41) is 18.6. The van der Waals surface area contributed by atoms with Crippen LogP contribution in [0.15, 0.2) is 6.07 Å². The Morgan fingerprint density at radius 1 is 1.64 bits per heavy atom. The highest BCUT2D eigenvalue weighted by Gasteiger charge is 2.14. The predicted octanol–water partition coefficient (Wildman–Crippen LogP) is 2.43. The Labute approximate surface area is 87.5 Å². The Bertz CT molecular complexity index is 396. The molecule has 0 bridgehead atoms. The van der Waals surface area contributed by atoms with Gasteiger partial charge in [0.2, 0.25) is 0 Å². The Balaban J connectivity index is 3.37. The SMILES string of the molecule is COc1c(Cl)cc(C)c(CC#N)c1O. The van der Waals surface area contributed by atoms with Gasteiger partial charge in [-0.25, -0.2) is 0 Å². The first-order valence-electron chi connectivity index (χ1n) is 4.03. The number of nitrogens with zero attached hydrogens (tertiary/aromatic N) is 1. The molecule has 0 aromatic heterocycles. The summed E-state index contributed by atoms with van der Waals surface area (Å²) in [5.74, 6) is 0.182. The van der Waals surface area contributed by atoms with Crippen molar-refractivity contribution in [3.05, 3.63) is 22.2 Å². The Kier molecular flexibility index (Phi) is 3.21. The summed E-state index contributed by atoms with van der Waals surface area (Å²) < 4.78 is 4.93. The number of benzene rings is 1. The standard InChI is InChI=1S/C10H10ClNO2/c1-6-5-8(11)10(14-2)9(13)7(6)3-4-12/h5,13H,3H2,1-2H3. The molecule has 0 saturated carbocycles. The van der Waals surface area contributed by atoms with Crippen molar-refractivity contribution in [2.75, 3.05) is 7.11 Å². The molecule has 0 unspecified atom stereocenters. The van der Waals surface area contributed by atoms with Crippen molar-refractivity contribution in [3.8, 4) is 17.6 Å². The highest BCUT2D eigenvalue weighted by molar-refractivity contribution is 6.32. The Morgan fingerprint density at radius 3 is 2.79 bits per heavy atom. The molecule has 1 aromatic rings. The van der Waals surface area contributed by atoms with Gasteiger partial charge in [0.05, 0.1) is 24.6 Å². The van der Waals surface area contributed by atoms with Crippen molar-refractivity contribution in [1.29, 1.82) is 5.26 Å². The molecule has 0 radical (unpaired) electrons. The minimum atomic E-state index is -0.0425. The first-order chi connectivity index (χ1) is 6.61. The topological polar surface area (TPSA) is 53.2 Å². The van der Waals surface area contributed by atoms with Crippen LogP contribution in [0.5, 0.6) is 11.5 Å². The van der Waals surface area contributed by atoms with E-state index in [1.807, 2.05) is 6.07 Å².